The molecule has 2 aromatic heterocycles. The van der Waals surface area contributed by atoms with Gasteiger partial charge in [0, 0.05) is 28.4 Å². The van der Waals surface area contributed by atoms with Gasteiger partial charge in [0.15, 0.2) is 0 Å². The Hall–Kier alpha value is -2.24. The number of thiazole rings is 1. The first kappa shape index (κ1) is 19.1. The second kappa shape index (κ2) is 8.02. The minimum atomic E-state index is -0.468. The zero-order valence-corrected chi connectivity index (χ0v) is 17.3. The van der Waals surface area contributed by atoms with Gasteiger partial charge in [0.1, 0.15) is 5.01 Å². The van der Waals surface area contributed by atoms with Crippen molar-refractivity contribution in [2.24, 2.45) is 0 Å². The molecule has 0 spiro atoms. The van der Waals surface area contributed by atoms with E-state index in [4.69, 9.17) is 16.6 Å². The summed E-state index contributed by atoms with van der Waals surface area (Å²) < 4.78 is 0. The number of hydrogen-bond acceptors (Lipinski definition) is 4. The molecule has 1 aliphatic rings. The standard InChI is InChI=1S/C22H22ClN3OS/c1-15(20-26-19(14-28-20)16-8-12-24-13-9-16)25-21(27)22(10-2-3-11-22)17-4-6-18(23)7-5-17/h4-9,12-15H,2-3,10-11H2,1H3,(H,25,27). The molecular formula is C22H22ClN3OS. The molecule has 1 aromatic carbocycles. The van der Waals surface area contributed by atoms with E-state index in [1.807, 2.05) is 48.7 Å². The second-order valence-corrected chi connectivity index (χ2v) is 8.62. The van der Waals surface area contributed by atoms with Gasteiger partial charge in [-0.2, -0.15) is 0 Å². The first-order chi connectivity index (χ1) is 13.6. The predicted molar refractivity (Wildman–Crippen MR) is 114 cm³/mol. The Morgan fingerprint density at radius 1 is 1.14 bits per heavy atom. The van der Waals surface area contributed by atoms with Crippen molar-refractivity contribution in [3.63, 3.8) is 0 Å². The lowest BCUT2D eigenvalue weighted by molar-refractivity contribution is -0.127. The van der Waals surface area contributed by atoms with Crippen LogP contribution in [-0.2, 0) is 10.2 Å². The van der Waals surface area contributed by atoms with Crippen molar-refractivity contribution >= 4 is 28.8 Å². The second-order valence-electron chi connectivity index (χ2n) is 7.30. The maximum absolute atomic E-state index is 13.3. The molecule has 1 fully saturated rings. The van der Waals surface area contributed by atoms with Crippen LogP contribution in [0.4, 0.5) is 0 Å². The normalized spacial score (nSPS) is 16.6. The zero-order valence-electron chi connectivity index (χ0n) is 15.7. The Kier molecular flexibility index (Phi) is 5.47. The number of benzene rings is 1. The molecule has 1 N–H and O–H groups in total. The van der Waals surface area contributed by atoms with Gasteiger partial charge in [-0.15, -0.1) is 11.3 Å². The number of carbonyl (C=O) groups is 1. The SMILES string of the molecule is CC(NC(=O)C1(c2ccc(Cl)cc2)CCCC1)c1nc(-c2ccncc2)cs1. The van der Waals surface area contributed by atoms with Crippen LogP contribution in [0.1, 0.15) is 49.2 Å². The fourth-order valence-electron chi connectivity index (χ4n) is 3.93. The van der Waals surface area contributed by atoms with Crippen LogP contribution in [0.25, 0.3) is 11.3 Å². The van der Waals surface area contributed by atoms with Gasteiger partial charge in [-0.05, 0) is 49.6 Å². The van der Waals surface area contributed by atoms with E-state index in [0.717, 1.165) is 47.5 Å². The average molecular weight is 412 g/mol. The van der Waals surface area contributed by atoms with Crippen molar-refractivity contribution in [1.82, 2.24) is 15.3 Å². The third-order valence-electron chi connectivity index (χ3n) is 5.50. The lowest BCUT2D eigenvalue weighted by atomic mass is 9.78. The van der Waals surface area contributed by atoms with Crippen LogP contribution >= 0.6 is 22.9 Å². The Bertz CT molecular complexity index is 949. The van der Waals surface area contributed by atoms with Gasteiger partial charge in [-0.3, -0.25) is 9.78 Å². The molecule has 0 aliphatic heterocycles. The summed E-state index contributed by atoms with van der Waals surface area (Å²) in [6.07, 6.45) is 7.38. The molecule has 0 bridgehead atoms. The Morgan fingerprint density at radius 3 is 2.50 bits per heavy atom. The highest BCUT2D eigenvalue weighted by atomic mass is 35.5. The lowest BCUT2D eigenvalue weighted by Gasteiger charge is -2.29. The lowest BCUT2D eigenvalue weighted by Crippen LogP contribution is -2.43. The minimum absolute atomic E-state index is 0.0838. The van der Waals surface area contributed by atoms with E-state index in [1.54, 1.807) is 23.7 Å². The largest absolute Gasteiger partial charge is 0.346 e. The monoisotopic (exact) mass is 411 g/mol. The first-order valence-electron chi connectivity index (χ1n) is 9.51. The number of nitrogens with one attached hydrogen (secondary N) is 1. The highest BCUT2D eigenvalue weighted by molar-refractivity contribution is 7.10. The molecule has 1 atom stereocenters. The van der Waals surface area contributed by atoms with E-state index in [2.05, 4.69) is 10.3 Å². The van der Waals surface area contributed by atoms with Crippen LogP contribution < -0.4 is 5.32 Å². The summed E-state index contributed by atoms with van der Waals surface area (Å²) in [7, 11) is 0. The third kappa shape index (κ3) is 3.69. The highest BCUT2D eigenvalue weighted by Crippen LogP contribution is 2.42. The Balaban J connectivity index is 1.53. The molecule has 0 saturated heterocycles. The molecule has 1 amide bonds. The van der Waals surface area contributed by atoms with Crippen LogP contribution in [0.2, 0.25) is 5.02 Å². The molecule has 1 unspecified atom stereocenters. The molecule has 4 rings (SSSR count). The minimum Gasteiger partial charge on any atom is -0.346 e. The van der Waals surface area contributed by atoms with Gasteiger partial charge in [0.2, 0.25) is 5.91 Å². The molecule has 28 heavy (non-hydrogen) atoms. The van der Waals surface area contributed by atoms with Gasteiger partial charge < -0.3 is 5.32 Å². The highest BCUT2D eigenvalue weighted by Gasteiger charge is 2.43. The number of carbonyl (C=O) groups excluding carboxylic acids is 1. The van der Waals surface area contributed by atoms with Gasteiger partial charge in [-0.1, -0.05) is 36.6 Å². The van der Waals surface area contributed by atoms with Crippen molar-refractivity contribution < 1.29 is 4.79 Å². The van der Waals surface area contributed by atoms with Crippen molar-refractivity contribution in [3.8, 4) is 11.3 Å². The molecular weight excluding hydrogens is 390 g/mol. The van der Waals surface area contributed by atoms with E-state index in [9.17, 15) is 4.79 Å². The molecule has 3 aromatic rings. The average Bonchev–Trinajstić information content (AvgIpc) is 3.40. The number of rotatable bonds is 5. The summed E-state index contributed by atoms with van der Waals surface area (Å²) in [6.45, 7) is 2.00. The summed E-state index contributed by atoms with van der Waals surface area (Å²) in [5, 5.41) is 6.84. The first-order valence-corrected chi connectivity index (χ1v) is 10.8. The predicted octanol–water partition coefficient (Wildman–Crippen LogP) is 5.55. The summed E-state index contributed by atoms with van der Waals surface area (Å²) >= 11 is 7.62. The van der Waals surface area contributed by atoms with E-state index < -0.39 is 5.41 Å². The smallest absolute Gasteiger partial charge is 0.231 e. The molecule has 6 heteroatoms. The summed E-state index contributed by atoms with van der Waals surface area (Å²) in [5.41, 5.74) is 2.53. The van der Waals surface area contributed by atoms with E-state index in [1.165, 1.54) is 0 Å². The summed E-state index contributed by atoms with van der Waals surface area (Å²) in [5.74, 6) is 0.0838. The van der Waals surface area contributed by atoms with Crippen LogP contribution in [0.5, 0.6) is 0 Å². The van der Waals surface area contributed by atoms with Gasteiger partial charge in [0.05, 0.1) is 17.2 Å². The van der Waals surface area contributed by atoms with E-state index in [-0.39, 0.29) is 11.9 Å². The number of halogens is 1. The summed E-state index contributed by atoms with van der Waals surface area (Å²) in [4.78, 5) is 22.1. The summed E-state index contributed by atoms with van der Waals surface area (Å²) in [6, 6.07) is 11.5. The van der Waals surface area contributed by atoms with Crippen LogP contribution in [-0.4, -0.2) is 15.9 Å². The Morgan fingerprint density at radius 2 is 1.82 bits per heavy atom. The van der Waals surface area contributed by atoms with E-state index >= 15 is 0 Å². The zero-order chi connectivity index (χ0) is 19.6. The van der Waals surface area contributed by atoms with Crippen molar-refractivity contribution in [2.45, 2.75) is 44.1 Å². The maximum atomic E-state index is 13.3. The number of aromatic nitrogens is 2. The molecule has 1 aliphatic carbocycles. The van der Waals surface area contributed by atoms with Crippen LogP contribution in [0.15, 0.2) is 54.2 Å². The van der Waals surface area contributed by atoms with Crippen LogP contribution in [0, 0.1) is 0 Å². The number of hydrogen-bond donors (Lipinski definition) is 1. The third-order valence-corrected chi connectivity index (χ3v) is 6.78. The molecule has 2 heterocycles. The van der Waals surface area contributed by atoms with E-state index in [0.29, 0.717) is 5.02 Å². The molecule has 0 radical (unpaired) electrons. The van der Waals surface area contributed by atoms with Gasteiger partial charge in [0.25, 0.3) is 0 Å². The van der Waals surface area contributed by atoms with Gasteiger partial charge in [-0.25, -0.2) is 4.98 Å². The quantitative estimate of drug-likeness (QED) is 0.599. The van der Waals surface area contributed by atoms with Crippen molar-refractivity contribution in [1.29, 1.82) is 0 Å². The number of pyridine rings is 1. The van der Waals surface area contributed by atoms with Gasteiger partial charge >= 0.3 is 0 Å². The molecule has 1 saturated carbocycles. The topological polar surface area (TPSA) is 54.9 Å². The maximum Gasteiger partial charge on any atom is 0.231 e. The number of nitrogens with zero attached hydrogens (tertiary/aromatic N) is 2. The number of amides is 1. The fraction of sp³-hybridized carbons (Fsp3) is 0.318. The Labute approximate surface area is 174 Å². The van der Waals surface area contributed by atoms with Crippen LogP contribution in [0.3, 0.4) is 0 Å². The van der Waals surface area contributed by atoms with Crippen molar-refractivity contribution in [3.05, 3.63) is 69.8 Å². The fourth-order valence-corrected chi connectivity index (χ4v) is 4.89. The van der Waals surface area contributed by atoms with Crippen molar-refractivity contribution in [2.75, 3.05) is 0 Å². The molecule has 4 nitrogen and oxygen atoms in total. The molecule has 144 valence electrons.